The van der Waals surface area contributed by atoms with Crippen molar-refractivity contribution in [3.05, 3.63) is 46.9 Å². The van der Waals surface area contributed by atoms with E-state index in [4.69, 9.17) is 11.6 Å². The zero-order valence-corrected chi connectivity index (χ0v) is 20.5. The molecule has 39 heavy (non-hydrogen) atoms. The Kier molecular flexibility index (Phi) is 7.06. The molecule has 4 rings (SSSR count). The highest BCUT2D eigenvalue weighted by Crippen LogP contribution is 2.56. The van der Waals surface area contributed by atoms with E-state index in [1.165, 1.54) is 23.1 Å². The van der Waals surface area contributed by atoms with Crippen molar-refractivity contribution in [2.24, 2.45) is 7.05 Å². The largest absolute Gasteiger partial charge is 0.437 e. The molecule has 0 atom stereocenters. The zero-order valence-electron chi connectivity index (χ0n) is 19.8. The lowest BCUT2D eigenvalue weighted by molar-refractivity contribution is -0.350. The fourth-order valence-corrected chi connectivity index (χ4v) is 4.07. The highest BCUT2D eigenvalue weighted by atomic mass is 35.5. The summed E-state index contributed by atoms with van der Waals surface area (Å²) in [7, 11) is 2.39. The Labute approximate surface area is 218 Å². The van der Waals surface area contributed by atoms with Crippen molar-refractivity contribution in [1.82, 2.24) is 24.5 Å². The number of nitrogens with zero attached hydrogens (tertiary/aromatic N) is 5. The predicted molar refractivity (Wildman–Crippen MR) is 117 cm³/mol. The van der Waals surface area contributed by atoms with Gasteiger partial charge >= 0.3 is 24.6 Å². The molecular formula is C22H17ClF9N5O2. The number of ether oxygens (including phenoxy) is 1. The van der Waals surface area contributed by atoms with Gasteiger partial charge in [0.15, 0.2) is 17.3 Å². The first kappa shape index (κ1) is 28.6. The lowest BCUT2D eigenvalue weighted by Crippen LogP contribution is -2.51. The molecule has 0 aliphatic heterocycles. The maximum absolute atomic E-state index is 14.8. The average Bonchev–Trinajstić information content (AvgIpc) is 3.48. The van der Waals surface area contributed by atoms with Gasteiger partial charge in [0.1, 0.15) is 0 Å². The van der Waals surface area contributed by atoms with Gasteiger partial charge in [-0.15, -0.1) is 0 Å². The summed E-state index contributed by atoms with van der Waals surface area (Å²) in [6, 6.07) is 4.28. The molecule has 7 nitrogen and oxygen atoms in total. The van der Waals surface area contributed by atoms with Crippen LogP contribution in [0, 0.1) is 0 Å². The van der Waals surface area contributed by atoms with Gasteiger partial charge in [-0.05, 0) is 30.5 Å². The van der Waals surface area contributed by atoms with E-state index >= 15 is 0 Å². The zero-order chi connectivity index (χ0) is 29.1. The van der Waals surface area contributed by atoms with Gasteiger partial charge in [0, 0.05) is 31.9 Å². The normalized spacial score (nSPS) is 14.7. The second-order valence-electron chi connectivity index (χ2n) is 8.67. The van der Waals surface area contributed by atoms with E-state index in [1.807, 2.05) is 0 Å². The van der Waals surface area contributed by atoms with Gasteiger partial charge in [-0.2, -0.15) is 45.3 Å². The maximum atomic E-state index is 14.8. The second kappa shape index (κ2) is 9.64. The number of hydrogen-bond acceptors (Lipinski definition) is 4. The van der Waals surface area contributed by atoms with Crippen LogP contribution in [0.5, 0.6) is 5.75 Å². The molecule has 2 heterocycles. The maximum Gasteiger partial charge on any atom is 0.437 e. The van der Waals surface area contributed by atoms with Gasteiger partial charge in [0.05, 0.1) is 16.8 Å². The van der Waals surface area contributed by atoms with Crippen LogP contribution in [-0.4, -0.2) is 62.4 Å². The van der Waals surface area contributed by atoms with Crippen LogP contribution in [0.15, 0.2) is 30.6 Å². The van der Waals surface area contributed by atoms with Crippen LogP contribution in [0.4, 0.5) is 39.5 Å². The number of alkyl halides is 9. The molecule has 1 aliphatic carbocycles. The summed E-state index contributed by atoms with van der Waals surface area (Å²) in [6.45, 7) is -3.94. The van der Waals surface area contributed by atoms with E-state index in [9.17, 15) is 44.3 Å². The van der Waals surface area contributed by atoms with Gasteiger partial charge in [-0.25, -0.2) is 13.8 Å². The third kappa shape index (κ3) is 5.01. The van der Waals surface area contributed by atoms with Crippen LogP contribution in [0.25, 0.3) is 16.9 Å². The smallest absolute Gasteiger partial charge is 0.429 e. The lowest BCUT2D eigenvalue weighted by Gasteiger charge is -2.28. The number of benzene rings is 1. The van der Waals surface area contributed by atoms with Gasteiger partial charge in [-0.1, -0.05) is 17.7 Å². The summed E-state index contributed by atoms with van der Waals surface area (Å²) in [5.74, 6) is -3.16. The van der Waals surface area contributed by atoms with Crippen molar-refractivity contribution in [2.75, 3.05) is 7.05 Å². The minimum Gasteiger partial charge on any atom is -0.429 e. The monoisotopic (exact) mass is 589 g/mol. The summed E-state index contributed by atoms with van der Waals surface area (Å²) in [5.41, 5.74) is -8.06. The molecule has 0 bridgehead atoms. The van der Waals surface area contributed by atoms with E-state index in [0.717, 1.165) is 32.3 Å². The van der Waals surface area contributed by atoms with E-state index in [-0.39, 0.29) is 32.8 Å². The molecule has 1 amide bonds. The van der Waals surface area contributed by atoms with Gasteiger partial charge in [-0.3, -0.25) is 4.79 Å². The summed E-state index contributed by atoms with van der Waals surface area (Å²) in [5, 5.41) is 6.85. The predicted octanol–water partition coefficient (Wildman–Crippen LogP) is 6.05. The molecule has 2 aromatic heterocycles. The van der Waals surface area contributed by atoms with Crippen molar-refractivity contribution < 1.29 is 49.0 Å². The molecule has 1 fully saturated rings. The van der Waals surface area contributed by atoms with Crippen LogP contribution in [0.3, 0.4) is 0 Å². The van der Waals surface area contributed by atoms with Crippen LogP contribution < -0.4 is 4.74 Å². The Morgan fingerprint density at radius 3 is 2.26 bits per heavy atom. The number of carbonyl (C=O) groups excluding carboxylic acids is 1. The van der Waals surface area contributed by atoms with Gasteiger partial charge < -0.3 is 9.64 Å². The van der Waals surface area contributed by atoms with Crippen LogP contribution in [0.1, 0.15) is 28.9 Å². The first-order valence-electron chi connectivity index (χ1n) is 10.9. The molecule has 0 radical (unpaired) electrons. The Bertz CT molecular complexity index is 1380. The van der Waals surface area contributed by atoms with Crippen LogP contribution >= 0.6 is 11.6 Å². The molecule has 0 unspecified atom stereocenters. The Morgan fingerprint density at radius 1 is 1.10 bits per heavy atom. The van der Waals surface area contributed by atoms with Crippen molar-refractivity contribution in [3.63, 3.8) is 0 Å². The molecule has 0 spiro atoms. The summed E-state index contributed by atoms with van der Waals surface area (Å²) in [4.78, 5) is 14.3. The lowest BCUT2D eigenvalue weighted by atomic mass is 9.99. The molecule has 17 heteroatoms. The van der Waals surface area contributed by atoms with E-state index in [0.29, 0.717) is 10.2 Å². The number of carbonyl (C=O) groups is 1. The number of halogens is 10. The molecule has 212 valence electrons. The van der Waals surface area contributed by atoms with E-state index in [1.54, 1.807) is 7.05 Å². The highest BCUT2D eigenvalue weighted by molar-refractivity contribution is 6.34. The number of rotatable bonds is 7. The Morgan fingerprint density at radius 2 is 1.72 bits per heavy atom. The molecular weight excluding hydrogens is 573 g/mol. The van der Waals surface area contributed by atoms with E-state index in [2.05, 4.69) is 14.9 Å². The van der Waals surface area contributed by atoms with Crippen molar-refractivity contribution >= 4 is 17.5 Å². The van der Waals surface area contributed by atoms with E-state index < -0.39 is 41.9 Å². The number of aryl methyl sites for hydroxylation is 1. The molecule has 1 aliphatic rings. The molecule has 3 aromatic rings. The Hall–Kier alpha value is -3.43. The average molecular weight is 590 g/mol. The van der Waals surface area contributed by atoms with Gasteiger partial charge in [0.25, 0.3) is 5.91 Å². The number of aromatic nitrogens is 4. The molecule has 1 aromatic carbocycles. The minimum absolute atomic E-state index is 0.0586. The third-order valence-corrected chi connectivity index (χ3v) is 6.36. The topological polar surface area (TPSA) is 65.2 Å². The number of amides is 1. The molecule has 1 saturated carbocycles. The standard InChI is InChI=1S/C22H17ClF9N5O2/c1-35(12-4-5-12)18(38)13-7-10(3-6-14(13)23)11-8-33-37(9-11)17-15(39-19(24)25)16(34-36(17)2)20(26,21(27,28)29)22(30,31)32/h3,6-9,12,19H,4-5H2,1-2H3. The summed E-state index contributed by atoms with van der Waals surface area (Å²) < 4.78 is 126. The van der Waals surface area contributed by atoms with Crippen molar-refractivity contribution in [2.45, 2.75) is 43.5 Å². The highest BCUT2D eigenvalue weighted by Gasteiger charge is 2.76. The SMILES string of the molecule is CN(C(=O)c1cc(-c2cnn(-c3c(OC(F)F)c(C(F)(C(F)(F)F)C(F)(F)F)nn3C)c2)ccc1Cl)C1CC1. The van der Waals surface area contributed by atoms with Crippen LogP contribution in [0.2, 0.25) is 5.02 Å². The summed E-state index contributed by atoms with van der Waals surface area (Å²) in [6.07, 6.45) is -9.51. The summed E-state index contributed by atoms with van der Waals surface area (Å²) >= 11 is 6.17. The quantitative estimate of drug-likeness (QED) is 0.315. The molecule has 0 N–H and O–H groups in total. The van der Waals surface area contributed by atoms with Crippen molar-refractivity contribution in [1.29, 1.82) is 0 Å². The van der Waals surface area contributed by atoms with Crippen LogP contribution in [-0.2, 0) is 12.7 Å². The van der Waals surface area contributed by atoms with Crippen molar-refractivity contribution in [3.8, 4) is 22.7 Å². The fourth-order valence-electron chi connectivity index (χ4n) is 3.87. The molecule has 0 saturated heterocycles. The Balaban J connectivity index is 1.82. The fraction of sp³-hybridized carbons (Fsp3) is 0.409. The first-order chi connectivity index (χ1) is 18.0. The number of hydrogen-bond donors (Lipinski definition) is 0. The first-order valence-corrected chi connectivity index (χ1v) is 11.3. The minimum atomic E-state index is -6.63. The third-order valence-electron chi connectivity index (χ3n) is 6.03. The van der Waals surface area contributed by atoms with Gasteiger partial charge in [0.2, 0.25) is 0 Å². The second-order valence-corrected chi connectivity index (χ2v) is 9.08.